The van der Waals surface area contributed by atoms with Crippen LogP contribution in [0.25, 0.3) is 0 Å². The summed E-state index contributed by atoms with van der Waals surface area (Å²) in [6, 6.07) is 0. The van der Waals surface area contributed by atoms with E-state index in [9.17, 15) is 0 Å². The molecular weight excluding hydrogens is 304 g/mol. The summed E-state index contributed by atoms with van der Waals surface area (Å²) >= 11 is 3.42. The number of aliphatic hydroxyl groups excluding tert-OH is 1. The van der Waals surface area contributed by atoms with Crippen LogP contribution in [0, 0.1) is 0 Å². The fourth-order valence-electron chi connectivity index (χ4n) is 2.67. The quantitative estimate of drug-likeness (QED) is 0.856. The molecule has 0 spiro atoms. The standard InChI is InChI=1S/C14H20N4OS2/c1-18-12(7-19)16-17-14(18)21-9-11-8-20-13(15-11)10-5-3-2-4-6-10/h8,10,19H,2-7,9H2,1H3. The van der Waals surface area contributed by atoms with Gasteiger partial charge in [-0.1, -0.05) is 31.0 Å². The molecule has 0 saturated heterocycles. The second-order valence-corrected chi connectivity index (χ2v) is 7.25. The van der Waals surface area contributed by atoms with E-state index in [1.54, 1.807) is 23.1 Å². The lowest BCUT2D eigenvalue weighted by atomic mass is 9.90. The van der Waals surface area contributed by atoms with E-state index >= 15 is 0 Å². The monoisotopic (exact) mass is 324 g/mol. The summed E-state index contributed by atoms with van der Waals surface area (Å²) in [6.07, 6.45) is 6.66. The summed E-state index contributed by atoms with van der Waals surface area (Å²) < 4.78 is 1.83. The van der Waals surface area contributed by atoms with Gasteiger partial charge in [0.25, 0.3) is 0 Å². The zero-order valence-corrected chi connectivity index (χ0v) is 13.8. The molecule has 0 bridgehead atoms. The summed E-state index contributed by atoms with van der Waals surface area (Å²) in [5, 5.41) is 21.5. The normalized spacial score (nSPS) is 16.5. The van der Waals surface area contributed by atoms with E-state index in [-0.39, 0.29) is 6.61 Å². The number of nitrogens with zero attached hydrogens (tertiary/aromatic N) is 4. The molecule has 1 N–H and O–H groups in total. The molecule has 2 aromatic rings. The second-order valence-electron chi connectivity index (χ2n) is 5.42. The molecule has 0 aliphatic heterocycles. The Hall–Kier alpha value is -0.920. The zero-order valence-electron chi connectivity index (χ0n) is 12.2. The number of rotatable bonds is 5. The molecule has 2 heterocycles. The van der Waals surface area contributed by atoms with Gasteiger partial charge in [-0.15, -0.1) is 21.5 Å². The van der Waals surface area contributed by atoms with E-state index in [1.165, 1.54) is 37.1 Å². The number of thioether (sulfide) groups is 1. The van der Waals surface area contributed by atoms with Crippen molar-refractivity contribution in [2.75, 3.05) is 0 Å². The van der Waals surface area contributed by atoms with Gasteiger partial charge in [-0.3, -0.25) is 0 Å². The first-order valence-corrected chi connectivity index (χ1v) is 9.20. The van der Waals surface area contributed by atoms with Crippen LogP contribution in [0.3, 0.4) is 0 Å². The molecule has 5 nitrogen and oxygen atoms in total. The van der Waals surface area contributed by atoms with Gasteiger partial charge in [0.05, 0.1) is 10.7 Å². The van der Waals surface area contributed by atoms with E-state index in [1.807, 2.05) is 11.6 Å². The van der Waals surface area contributed by atoms with E-state index in [0.717, 1.165) is 16.6 Å². The minimum absolute atomic E-state index is 0.0768. The van der Waals surface area contributed by atoms with Crippen molar-refractivity contribution in [3.63, 3.8) is 0 Å². The van der Waals surface area contributed by atoms with Gasteiger partial charge in [-0.25, -0.2) is 4.98 Å². The average Bonchev–Trinajstić information content (AvgIpc) is 3.13. The molecule has 0 radical (unpaired) electrons. The Morgan fingerprint density at radius 2 is 2.14 bits per heavy atom. The maximum Gasteiger partial charge on any atom is 0.191 e. The number of hydrogen-bond acceptors (Lipinski definition) is 6. The number of thiazole rings is 1. The third-order valence-corrected chi connectivity index (χ3v) is 6.05. The van der Waals surface area contributed by atoms with Gasteiger partial charge in [0.2, 0.25) is 0 Å². The summed E-state index contributed by atoms with van der Waals surface area (Å²) in [6.45, 7) is -0.0768. The lowest BCUT2D eigenvalue weighted by Gasteiger charge is -2.18. The minimum Gasteiger partial charge on any atom is -0.388 e. The third kappa shape index (κ3) is 3.46. The maximum absolute atomic E-state index is 9.12. The smallest absolute Gasteiger partial charge is 0.191 e. The van der Waals surface area contributed by atoms with Crippen LogP contribution in [0.2, 0.25) is 0 Å². The van der Waals surface area contributed by atoms with Gasteiger partial charge in [0.1, 0.15) is 6.61 Å². The molecule has 0 atom stereocenters. The number of hydrogen-bond donors (Lipinski definition) is 1. The van der Waals surface area contributed by atoms with Crippen molar-refractivity contribution in [3.8, 4) is 0 Å². The molecule has 0 aromatic carbocycles. The van der Waals surface area contributed by atoms with Crippen LogP contribution < -0.4 is 0 Å². The molecule has 0 unspecified atom stereocenters. The number of aromatic nitrogens is 4. The molecule has 2 aromatic heterocycles. The Balaban J connectivity index is 1.60. The first-order valence-electron chi connectivity index (χ1n) is 7.34. The van der Waals surface area contributed by atoms with Gasteiger partial charge >= 0.3 is 0 Å². The van der Waals surface area contributed by atoms with Crippen molar-refractivity contribution in [3.05, 3.63) is 21.9 Å². The Labute approximate surface area is 132 Å². The molecule has 0 amide bonds. The summed E-state index contributed by atoms with van der Waals surface area (Å²) in [5.74, 6) is 2.08. The van der Waals surface area contributed by atoms with Gasteiger partial charge in [0.15, 0.2) is 11.0 Å². The summed E-state index contributed by atoms with van der Waals surface area (Å²) in [7, 11) is 1.88. The first-order chi connectivity index (χ1) is 10.3. The fraction of sp³-hybridized carbons (Fsp3) is 0.643. The van der Waals surface area contributed by atoms with Crippen LogP contribution in [0.4, 0.5) is 0 Å². The molecule has 1 aliphatic carbocycles. The number of aliphatic hydroxyl groups is 1. The van der Waals surface area contributed by atoms with E-state index < -0.39 is 0 Å². The van der Waals surface area contributed by atoms with Gasteiger partial charge in [-0.05, 0) is 12.8 Å². The second kappa shape index (κ2) is 6.89. The van der Waals surface area contributed by atoms with Crippen molar-refractivity contribution >= 4 is 23.1 Å². The lowest BCUT2D eigenvalue weighted by Crippen LogP contribution is -2.04. The van der Waals surface area contributed by atoms with Crippen molar-refractivity contribution in [1.29, 1.82) is 0 Å². The van der Waals surface area contributed by atoms with Crippen LogP contribution in [0.15, 0.2) is 10.5 Å². The topological polar surface area (TPSA) is 63.8 Å². The fourth-order valence-corrected chi connectivity index (χ4v) is 4.59. The predicted molar refractivity (Wildman–Crippen MR) is 84.4 cm³/mol. The van der Waals surface area contributed by atoms with Crippen LogP contribution in [0.5, 0.6) is 0 Å². The highest BCUT2D eigenvalue weighted by molar-refractivity contribution is 7.98. The van der Waals surface area contributed by atoms with Crippen LogP contribution >= 0.6 is 23.1 Å². The Morgan fingerprint density at radius 3 is 2.86 bits per heavy atom. The highest BCUT2D eigenvalue weighted by Gasteiger charge is 2.19. The molecule has 1 fully saturated rings. The van der Waals surface area contributed by atoms with Crippen molar-refractivity contribution in [2.45, 2.75) is 55.5 Å². The predicted octanol–water partition coefficient (Wildman–Crippen LogP) is 3.10. The highest BCUT2D eigenvalue weighted by atomic mass is 32.2. The van der Waals surface area contributed by atoms with Crippen molar-refractivity contribution in [1.82, 2.24) is 19.7 Å². The van der Waals surface area contributed by atoms with Crippen molar-refractivity contribution < 1.29 is 5.11 Å². The van der Waals surface area contributed by atoms with E-state index in [0.29, 0.717) is 11.7 Å². The first kappa shape index (κ1) is 15.0. The van der Waals surface area contributed by atoms with Crippen molar-refractivity contribution in [2.24, 2.45) is 7.05 Å². The van der Waals surface area contributed by atoms with Gasteiger partial charge in [-0.2, -0.15) is 0 Å². The lowest BCUT2D eigenvalue weighted by molar-refractivity contribution is 0.266. The molecule has 1 aliphatic rings. The molecule has 21 heavy (non-hydrogen) atoms. The molecule has 114 valence electrons. The Bertz CT molecular complexity index is 590. The zero-order chi connectivity index (χ0) is 14.7. The molecule has 1 saturated carbocycles. The van der Waals surface area contributed by atoms with Crippen LogP contribution in [0.1, 0.15) is 54.5 Å². The SMILES string of the molecule is Cn1c(CO)nnc1SCc1csc(C2CCCCC2)n1. The third-order valence-electron chi connectivity index (χ3n) is 3.94. The summed E-state index contributed by atoms with van der Waals surface area (Å²) in [4.78, 5) is 4.80. The van der Waals surface area contributed by atoms with Crippen LogP contribution in [-0.4, -0.2) is 24.9 Å². The Kier molecular flexibility index (Phi) is 4.92. The largest absolute Gasteiger partial charge is 0.388 e. The summed E-state index contributed by atoms with van der Waals surface area (Å²) in [5.41, 5.74) is 1.12. The molecule has 7 heteroatoms. The maximum atomic E-state index is 9.12. The highest BCUT2D eigenvalue weighted by Crippen LogP contribution is 2.35. The minimum atomic E-state index is -0.0768. The average molecular weight is 324 g/mol. The van der Waals surface area contributed by atoms with Gasteiger partial charge in [0, 0.05) is 24.1 Å². The van der Waals surface area contributed by atoms with E-state index in [4.69, 9.17) is 10.1 Å². The molecule has 3 rings (SSSR count). The van der Waals surface area contributed by atoms with Crippen LogP contribution in [-0.2, 0) is 19.4 Å². The van der Waals surface area contributed by atoms with Gasteiger partial charge < -0.3 is 9.67 Å². The molecular formula is C14H20N4OS2. The van der Waals surface area contributed by atoms with E-state index in [2.05, 4.69) is 15.6 Å². The Morgan fingerprint density at radius 1 is 1.33 bits per heavy atom.